The summed E-state index contributed by atoms with van der Waals surface area (Å²) < 4.78 is 2.24. The zero-order chi connectivity index (χ0) is 14.4. The lowest BCUT2D eigenvalue weighted by Gasteiger charge is -2.41. The Balaban J connectivity index is 1.82. The maximum absolute atomic E-state index is 2.60. The highest BCUT2D eigenvalue weighted by Gasteiger charge is 2.43. The van der Waals surface area contributed by atoms with E-state index >= 15 is 0 Å². The summed E-state index contributed by atoms with van der Waals surface area (Å²) in [5.74, 6) is 1.31. The first-order chi connectivity index (χ1) is 10.3. The molecule has 3 nitrogen and oxygen atoms in total. The molecule has 0 aliphatic carbocycles. The lowest BCUT2D eigenvalue weighted by molar-refractivity contribution is -0.659. The Morgan fingerprint density at radius 1 is 1.10 bits per heavy atom. The van der Waals surface area contributed by atoms with Crippen LogP contribution < -0.4 is 14.4 Å². The number of para-hydroxylation sites is 1. The van der Waals surface area contributed by atoms with Crippen LogP contribution >= 0.6 is 0 Å². The van der Waals surface area contributed by atoms with Gasteiger partial charge < -0.3 is 4.90 Å². The zero-order valence-corrected chi connectivity index (χ0v) is 12.7. The molecule has 0 saturated carbocycles. The third-order valence-electron chi connectivity index (χ3n) is 5.00. The number of pyridine rings is 1. The predicted molar refractivity (Wildman–Crippen MR) is 85.5 cm³/mol. The highest BCUT2D eigenvalue weighted by molar-refractivity contribution is 5.60. The summed E-state index contributed by atoms with van der Waals surface area (Å²) in [5, 5.41) is 0. The summed E-state index contributed by atoms with van der Waals surface area (Å²) >= 11 is 0. The standard InChI is InChI=1S/C18H22N3/c1-14-20-12-10-16(13-15-7-3-4-8-17(15)20)21(14)18-9-5-6-11-19(18)2/h3-9,11,14,16H,10,12-13H2,1-2H3/q+1. The molecule has 3 aliphatic rings. The number of hydrogen-bond acceptors (Lipinski definition) is 2. The number of rotatable bonds is 1. The molecule has 1 saturated heterocycles. The predicted octanol–water partition coefficient (Wildman–Crippen LogP) is 2.50. The van der Waals surface area contributed by atoms with Gasteiger partial charge in [0.2, 0.25) is 0 Å². The molecule has 2 atom stereocenters. The Hall–Kier alpha value is -2.03. The average molecular weight is 280 g/mol. The molecule has 2 unspecified atom stereocenters. The highest BCUT2D eigenvalue weighted by atomic mass is 15.4. The van der Waals surface area contributed by atoms with Crippen molar-refractivity contribution in [2.45, 2.75) is 32.0 Å². The topological polar surface area (TPSA) is 10.4 Å². The summed E-state index contributed by atoms with van der Waals surface area (Å²) in [6.45, 7) is 3.50. The van der Waals surface area contributed by atoms with E-state index in [0.29, 0.717) is 12.2 Å². The van der Waals surface area contributed by atoms with Gasteiger partial charge >= 0.3 is 0 Å². The van der Waals surface area contributed by atoms with Crippen LogP contribution in [0.1, 0.15) is 18.9 Å². The maximum atomic E-state index is 2.60. The Kier molecular flexibility index (Phi) is 2.88. The van der Waals surface area contributed by atoms with Crippen LogP contribution in [0.25, 0.3) is 0 Å². The first-order valence-electron chi connectivity index (χ1n) is 7.83. The number of benzene rings is 1. The van der Waals surface area contributed by atoms with Crippen molar-refractivity contribution in [3.8, 4) is 0 Å². The normalized spacial score (nSPS) is 23.9. The van der Waals surface area contributed by atoms with Crippen LogP contribution in [0.15, 0.2) is 48.7 Å². The molecule has 1 fully saturated rings. The van der Waals surface area contributed by atoms with E-state index in [0.717, 1.165) is 13.0 Å². The largest absolute Gasteiger partial charge is 0.333 e. The molecule has 3 aliphatic heterocycles. The van der Waals surface area contributed by atoms with Crippen molar-refractivity contribution in [2.24, 2.45) is 7.05 Å². The van der Waals surface area contributed by atoms with E-state index < -0.39 is 0 Å². The number of aryl methyl sites for hydroxylation is 1. The third-order valence-corrected chi connectivity index (χ3v) is 5.00. The van der Waals surface area contributed by atoms with Crippen LogP contribution in [0.4, 0.5) is 11.5 Å². The molecule has 1 aromatic carbocycles. The van der Waals surface area contributed by atoms with Crippen LogP contribution in [0, 0.1) is 0 Å². The van der Waals surface area contributed by atoms with Crippen molar-refractivity contribution in [1.29, 1.82) is 0 Å². The molecule has 2 aromatic rings. The van der Waals surface area contributed by atoms with Crippen LogP contribution in [0.5, 0.6) is 0 Å². The second-order valence-corrected chi connectivity index (χ2v) is 6.18. The maximum Gasteiger partial charge on any atom is 0.278 e. The summed E-state index contributed by atoms with van der Waals surface area (Å²) in [5.41, 5.74) is 2.92. The van der Waals surface area contributed by atoms with Crippen molar-refractivity contribution in [3.63, 3.8) is 0 Å². The minimum atomic E-state index is 0.404. The first kappa shape index (κ1) is 12.7. The van der Waals surface area contributed by atoms with Gasteiger partial charge in [0.15, 0.2) is 6.17 Å². The monoisotopic (exact) mass is 280 g/mol. The third kappa shape index (κ3) is 1.91. The zero-order valence-electron chi connectivity index (χ0n) is 12.7. The molecule has 1 aromatic heterocycles. The van der Waals surface area contributed by atoms with E-state index in [2.05, 4.69) is 77.0 Å². The fraction of sp³-hybridized carbons (Fsp3) is 0.389. The summed E-state index contributed by atoms with van der Waals surface area (Å²) in [4.78, 5) is 5.16. The van der Waals surface area contributed by atoms with Crippen LogP contribution in [-0.2, 0) is 13.5 Å². The minimum Gasteiger partial charge on any atom is -0.333 e. The highest BCUT2D eigenvalue weighted by Crippen LogP contribution is 2.37. The van der Waals surface area contributed by atoms with Gasteiger partial charge in [-0.05, 0) is 24.6 Å². The van der Waals surface area contributed by atoms with Gasteiger partial charge in [-0.1, -0.05) is 24.3 Å². The summed E-state index contributed by atoms with van der Waals surface area (Å²) in [7, 11) is 2.14. The number of anilines is 2. The van der Waals surface area contributed by atoms with E-state index in [1.807, 2.05) is 0 Å². The molecular formula is C18H22N3+. The van der Waals surface area contributed by atoms with Crippen molar-refractivity contribution in [3.05, 3.63) is 54.2 Å². The molecule has 5 rings (SSSR count). The van der Waals surface area contributed by atoms with E-state index in [1.54, 1.807) is 0 Å². The molecule has 4 heterocycles. The van der Waals surface area contributed by atoms with Crippen LogP contribution in [-0.4, -0.2) is 18.8 Å². The van der Waals surface area contributed by atoms with E-state index in [9.17, 15) is 0 Å². The molecule has 2 bridgehead atoms. The lowest BCUT2D eigenvalue weighted by Crippen LogP contribution is -2.59. The second-order valence-electron chi connectivity index (χ2n) is 6.18. The minimum absolute atomic E-state index is 0.404. The SMILES string of the molecule is CC1N2CCC(Cc3ccccc32)N1c1cccc[n+]1C. The van der Waals surface area contributed by atoms with Gasteiger partial charge in [0.1, 0.15) is 6.04 Å². The molecule has 21 heavy (non-hydrogen) atoms. The Morgan fingerprint density at radius 2 is 1.90 bits per heavy atom. The molecule has 108 valence electrons. The number of nitrogens with zero attached hydrogens (tertiary/aromatic N) is 3. The van der Waals surface area contributed by atoms with Gasteiger partial charge in [0, 0.05) is 31.1 Å². The lowest BCUT2D eigenvalue weighted by atomic mass is 10.0. The smallest absolute Gasteiger partial charge is 0.278 e. The average Bonchev–Trinajstić information content (AvgIpc) is 2.74. The first-order valence-corrected chi connectivity index (χ1v) is 7.83. The molecule has 0 amide bonds. The fourth-order valence-electron chi connectivity index (χ4n) is 3.97. The van der Waals surface area contributed by atoms with Crippen molar-refractivity contribution in [2.75, 3.05) is 16.3 Å². The Labute approximate surface area is 126 Å². The van der Waals surface area contributed by atoms with E-state index in [-0.39, 0.29) is 0 Å². The van der Waals surface area contributed by atoms with Crippen LogP contribution in [0.2, 0.25) is 0 Å². The molecular weight excluding hydrogens is 258 g/mol. The summed E-state index contributed by atoms with van der Waals surface area (Å²) in [6.07, 6.45) is 4.92. The number of fused-ring (bicyclic) bond motifs is 2. The number of hydrogen-bond donors (Lipinski definition) is 0. The second kappa shape index (κ2) is 4.76. The van der Waals surface area contributed by atoms with E-state index in [4.69, 9.17) is 0 Å². The van der Waals surface area contributed by atoms with E-state index in [1.165, 1.54) is 23.5 Å². The van der Waals surface area contributed by atoms with Crippen molar-refractivity contribution >= 4 is 11.5 Å². The quantitative estimate of drug-likeness (QED) is 0.743. The van der Waals surface area contributed by atoms with Crippen molar-refractivity contribution in [1.82, 2.24) is 0 Å². The van der Waals surface area contributed by atoms with Gasteiger partial charge in [-0.15, -0.1) is 0 Å². The van der Waals surface area contributed by atoms with Gasteiger partial charge in [-0.2, -0.15) is 0 Å². The molecule has 3 heteroatoms. The van der Waals surface area contributed by atoms with Gasteiger partial charge in [-0.3, -0.25) is 0 Å². The Bertz CT molecular complexity index is 665. The van der Waals surface area contributed by atoms with Crippen molar-refractivity contribution < 1.29 is 4.57 Å². The molecule has 0 N–H and O–H groups in total. The molecule has 0 radical (unpaired) electrons. The number of aromatic nitrogens is 1. The van der Waals surface area contributed by atoms with Crippen LogP contribution in [0.3, 0.4) is 0 Å². The van der Waals surface area contributed by atoms with Gasteiger partial charge in [-0.25, -0.2) is 9.47 Å². The fourth-order valence-corrected chi connectivity index (χ4v) is 3.97. The van der Waals surface area contributed by atoms with Gasteiger partial charge in [0.25, 0.3) is 5.82 Å². The Morgan fingerprint density at radius 3 is 2.76 bits per heavy atom. The molecule has 0 spiro atoms. The van der Waals surface area contributed by atoms with Gasteiger partial charge in [0.05, 0.1) is 13.2 Å². The summed E-state index contributed by atoms with van der Waals surface area (Å²) in [6, 6.07) is 16.0.